The lowest BCUT2D eigenvalue weighted by Gasteiger charge is -2.20. The van der Waals surface area contributed by atoms with E-state index >= 15 is 0 Å². The third-order valence-corrected chi connectivity index (χ3v) is 6.93. The summed E-state index contributed by atoms with van der Waals surface area (Å²) in [7, 11) is -3.62. The molecule has 8 nitrogen and oxygen atoms in total. The first-order chi connectivity index (χ1) is 15.2. The van der Waals surface area contributed by atoms with Crippen LogP contribution in [0.15, 0.2) is 57.8 Å². The van der Waals surface area contributed by atoms with Crippen molar-refractivity contribution >= 4 is 27.5 Å². The zero-order chi connectivity index (χ0) is 22.9. The summed E-state index contributed by atoms with van der Waals surface area (Å²) < 4.78 is 32.9. The van der Waals surface area contributed by atoms with Crippen LogP contribution >= 0.6 is 11.6 Å². The number of rotatable bonds is 8. The fourth-order valence-corrected chi connectivity index (χ4v) is 4.75. The van der Waals surface area contributed by atoms with E-state index in [1.165, 1.54) is 24.3 Å². The Bertz CT molecular complexity index is 1220. The molecule has 10 heteroatoms. The minimum absolute atomic E-state index is 0.0872. The molecule has 1 aliphatic rings. The molecule has 1 aliphatic carbocycles. The van der Waals surface area contributed by atoms with Gasteiger partial charge in [-0.2, -0.15) is 0 Å². The molecule has 1 heterocycles. The van der Waals surface area contributed by atoms with Gasteiger partial charge >= 0.3 is 0 Å². The summed E-state index contributed by atoms with van der Waals surface area (Å²) >= 11 is 6.20. The highest BCUT2D eigenvalue weighted by Gasteiger charge is 2.34. The van der Waals surface area contributed by atoms with E-state index in [-0.39, 0.29) is 29.4 Å². The maximum Gasteiger partial charge on any atom is 0.254 e. The zero-order valence-electron chi connectivity index (χ0n) is 17.7. The summed E-state index contributed by atoms with van der Waals surface area (Å²) in [5.41, 5.74) is 1.02. The molecule has 3 aromatic rings. The lowest BCUT2D eigenvalue weighted by atomic mass is 10.2. The van der Waals surface area contributed by atoms with Gasteiger partial charge < -0.3 is 9.32 Å². The maximum absolute atomic E-state index is 13.2. The molecule has 0 radical (unpaired) electrons. The van der Waals surface area contributed by atoms with Gasteiger partial charge in [-0.05, 0) is 63.1 Å². The van der Waals surface area contributed by atoms with Crippen LogP contribution in [0.25, 0.3) is 11.5 Å². The predicted molar refractivity (Wildman–Crippen MR) is 120 cm³/mol. The third kappa shape index (κ3) is 5.01. The molecular weight excluding hydrogens is 452 g/mol. The first-order valence-corrected chi connectivity index (χ1v) is 12.1. The van der Waals surface area contributed by atoms with E-state index in [4.69, 9.17) is 16.0 Å². The van der Waals surface area contributed by atoms with E-state index in [9.17, 15) is 13.2 Å². The molecule has 0 unspecified atom stereocenters. The highest BCUT2D eigenvalue weighted by Crippen LogP contribution is 2.31. The van der Waals surface area contributed by atoms with Gasteiger partial charge in [0.05, 0.1) is 22.0 Å². The van der Waals surface area contributed by atoms with Crippen molar-refractivity contribution in [3.05, 3.63) is 65.0 Å². The summed E-state index contributed by atoms with van der Waals surface area (Å²) in [4.78, 5) is 14.9. The molecule has 32 heavy (non-hydrogen) atoms. The second kappa shape index (κ2) is 9.01. The molecule has 1 fully saturated rings. The van der Waals surface area contributed by atoms with Gasteiger partial charge in [0.2, 0.25) is 21.8 Å². The van der Waals surface area contributed by atoms with E-state index < -0.39 is 10.0 Å². The van der Waals surface area contributed by atoms with Gasteiger partial charge in [-0.3, -0.25) is 4.79 Å². The highest BCUT2D eigenvalue weighted by atomic mass is 35.5. The Hall–Kier alpha value is -2.75. The first-order valence-electron chi connectivity index (χ1n) is 10.3. The van der Waals surface area contributed by atoms with Crippen LogP contribution in [-0.4, -0.2) is 41.5 Å². The number of hydrogen-bond donors (Lipinski definition) is 1. The van der Waals surface area contributed by atoms with Gasteiger partial charge in [0.1, 0.15) is 0 Å². The third-order valence-electron chi connectivity index (χ3n) is 4.93. The summed E-state index contributed by atoms with van der Waals surface area (Å²) in [6, 6.07) is 12.9. The molecule has 1 N–H and O–H groups in total. The Morgan fingerprint density at radius 2 is 1.84 bits per heavy atom. The minimum atomic E-state index is -3.62. The Labute approximate surface area is 191 Å². The molecule has 168 valence electrons. The molecule has 2 aromatic carbocycles. The molecule has 1 saturated carbocycles. The van der Waals surface area contributed by atoms with Gasteiger partial charge in [0, 0.05) is 17.6 Å². The minimum Gasteiger partial charge on any atom is -0.419 e. The second-order valence-electron chi connectivity index (χ2n) is 7.95. The number of halogens is 1. The summed E-state index contributed by atoms with van der Waals surface area (Å²) in [5.74, 6) is 0.382. The van der Waals surface area contributed by atoms with Crippen LogP contribution in [0, 0.1) is 0 Å². The van der Waals surface area contributed by atoms with Crippen molar-refractivity contribution in [2.24, 2.45) is 0 Å². The average molecular weight is 475 g/mol. The Balaban J connectivity index is 1.52. The lowest BCUT2D eigenvalue weighted by molar-refractivity contribution is 0.0714. The largest absolute Gasteiger partial charge is 0.419 e. The van der Waals surface area contributed by atoms with Gasteiger partial charge in [-0.1, -0.05) is 23.7 Å². The maximum atomic E-state index is 13.2. The number of amides is 1. The average Bonchev–Trinajstić information content (AvgIpc) is 3.49. The van der Waals surface area contributed by atoms with Gasteiger partial charge in [0.15, 0.2) is 0 Å². The van der Waals surface area contributed by atoms with E-state index in [1.54, 1.807) is 30.9 Å². The molecule has 0 aliphatic heterocycles. The standard InChI is InChI=1S/C22H23ClN4O4S/c1-14(2)26-32(29,30)17-11-7-15(8-12-17)22(28)27(16-9-10-16)13-20-24-25-21(31-20)18-5-3-4-6-19(18)23/h3-8,11-12,14,16,26H,9-10,13H2,1-2H3. The van der Waals surface area contributed by atoms with Crippen molar-refractivity contribution in [3.8, 4) is 11.5 Å². The van der Waals surface area contributed by atoms with Crippen LogP contribution in [0.5, 0.6) is 0 Å². The molecule has 0 bridgehead atoms. The van der Waals surface area contributed by atoms with Crippen LogP contribution in [0.2, 0.25) is 5.02 Å². The summed E-state index contributed by atoms with van der Waals surface area (Å²) in [6.07, 6.45) is 1.78. The predicted octanol–water partition coefficient (Wildman–Crippen LogP) is 3.88. The lowest BCUT2D eigenvalue weighted by Crippen LogP contribution is -2.33. The Morgan fingerprint density at radius 1 is 1.16 bits per heavy atom. The summed E-state index contributed by atoms with van der Waals surface area (Å²) in [5, 5.41) is 8.64. The quantitative estimate of drug-likeness (QED) is 0.531. The van der Waals surface area contributed by atoms with Crippen molar-refractivity contribution in [2.75, 3.05) is 0 Å². The number of benzene rings is 2. The van der Waals surface area contributed by atoms with E-state index in [1.807, 2.05) is 12.1 Å². The Morgan fingerprint density at radius 3 is 2.47 bits per heavy atom. The fourth-order valence-electron chi connectivity index (χ4n) is 3.28. The van der Waals surface area contributed by atoms with Gasteiger partial charge in [-0.15, -0.1) is 10.2 Å². The number of nitrogens with one attached hydrogen (secondary N) is 1. The number of hydrogen-bond acceptors (Lipinski definition) is 6. The zero-order valence-corrected chi connectivity index (χ0v) is 19.2. The smallest absolute Gasteiger partial charge is 0.254 e. The van der Waals surface area contributed by atoms with Crippen molar-refractivity contribution in [1.29, 1.82) is 0 Å². The topological polar surface area (TPSA) is 105 Å². The van der Waals surface area contributed by atoms with Gasteiger partial charge in [-0.25, -0.2) is 13.1 Å². The van der Waals surface area contributed by atoms with Crippen LogP contribution in [0.4, 0.5) is 0 Å². The molecule has 4 rings (SSSR count). The Kier molecular flexibility index (Phi) is 6.32. The van der Waals surface area contributed by atoms with E-state index in [2.05, 4.69) is 14.9 Å². The first kappa shape index (κ1) is 22.4. The molecule has 1 amide bonds. The fraction of sp³-hybridized carbons (Fsp3) is 0.318. The number of aromatic nitrogens is 2. The molecule has 0 saturated heterocycles. The van der Waals surface area contributed by atoms with Crippen molar-refractivity contribution in [1.82, 2.24) is 19.8 Å². The van der Waals surface area contributed by atoms with Gasteiger partial charge in [0.25, 0.3) is 5.91 Å². The van der Waals surface area contributed by atoms with Crippen molar-refractivity contribution < 1.29 is 17.6 Å². The molecule has 0 spiro atoms. The van der Waals surface area contributed by atoms with Crippen LogP contribution < -0.4 is 4.72 Å². The molecule has 1 aromatic heterocycles. The second-order valence-corrected chi connectivity index (χ2v) is 10.1. The van der Waals surface area contributed by atoms with Crippen LogP contribution in [0.1, 0.15) is 42.9 Å². The number of sulfonamides is 1. The van der Waals surface area contributed by atoms with Crippen LogP contribution in [0.3, 0.4) is 0 Å². The van der Waals surface area contributed by atoms with Crippen LogP contribution in [-0.2, 0) is 16.6 Å². The van der Waals surface area contributed by atoms with Crippen molar-refractivity contribution in [2.45, 2.75) is 50.2 Å². The normalized spacial score (nSPS) is 14.0. The van der Waals surface area contributed by atoms with Crippen molar-refractivity contribution in [3.63, 3.8) is 0 Å². The van der Waals surface area contributed by atoms with E-state index in [0.717, 1.165) is 12.8 Å². The number of nitrogens with zero attached hydrogens (tertiary/aromatic N) is 3. The SMILES string of the molecule is CC(C)NS(=O)(=O)c1ccc(C(=O)N(Cc2nnc(-c3ccccc3Cl)o2)C2CC2)cc1. The summed E-state index contributed by atoms with van der Waals surface area (Å²) in [6.45, 7) is 3.66. The molecule has 0 atom stereocenters. The number of carbonyl (C=O) groups is 1. The monoisotopic (exact) mass is 474 g/mol. The van der Waals surface area contributed by atoms with E-state index in [0.29, 0.717) is 27.9 Å². The molecular formula is C22H23ClN4O4S. The number of carbonyl (C=O) groups excluding carboxylic acids is 1. The highest BCUT2D eigenvalue weighted by molar-refractivity contribution is 7.89.